The Bertz CT molecular complexity index is 859. The number of rotatable bonds is 5. The first-order chi connectivity index (χ1) is 13.1. The van der Waals surface area contributed by atoms with Crippen LogP contribution in [0.1, 0.15) is 53.6 Å². The summed E-state index contributed by atoms with van der Waals surface area (Å²) in [5.41, 5.74) is 2.09. The molecule has 2 amide bonds. The molecular formula is C22H23FN2O2. The van der Waals surface area contributed by atoms with Crippen LogP contribution in [0.4, 0.5) is 4.39 Å². The number of nitrogens with one attached hydrogen (secondary N) is 1. The Balaban J connectivity index is 1.50. The highest BCUT2D eigenvalue weighted by molar-refractivity contribution is 5.95. The molecule has 5 heteroatoms. The average Bonchev–Trinajstić information content (AvgIpc) is 3.04. The molecular weight excluding hydrogens is 343 g/mol. The highest BCUT2D eigenvalue weighted by atomic mass is 19.1. The van der Waals surface area contributed by atoms with Gasteiger partial charge < -0.3 is 10.2 Å². The Morgan fingerprint density at radius 3 is 2.52 bits per heavy atom. The third-order valence-corrected chi connectivity index (χ3v) is 5.69. The lowest BCUT2D eigenvalue weighted by Gasteiger charge is -2.43. The molecule has 0 unspecified atom stereocenters. The second-order valence-electron chi connectivity index (χ2n) is 7.52. The second-order valence-corrected chi connectivity index (χ2v) is 7.52. The first-order valence-corrected chi connectivity index (χ1v) is 9.51. The van der Waals surface area contributed by atoms with Crippen molar-refractivity contribution in [3.8, 4) is 0 Å². The zero-order chi connectivity index (χ0) is 18.9. The van der Waals surface area contributed by atoms with E-state index in [1.54, 1.807) is 18.2 Å². The fourth-order valence-electron chi connectivity index (χ4n) is 3.98. The third kappa shape index (κ3) is 3.59. The van der Waals surface area contributed by atoms with E-state index in [1.807, 2.05) is 23.1 Å². The van der Waals surface area contributed by atoms with Gasteiger partial charge in [-0.1, -0.05) is 24.3 Å². The topological polar surface area (TPSA) is 49.4 Å². The molecule has 2 aromatic rings. The first kappa shape index (κ1) is 17.7. The second kappa shape index (κ2) is 7.14. The number of likely N-dealkylation sites (tertiary alicyclic amines) is 1. The van der Waals surface area contributed by atoms with E-state index in [0.29, 0.717) is 18.5 Å². The molecule has 4 nitrogen and oxygen atoms in total. The Morgan fingerprint density at radius 2 is 1.89 bits per heavy atom. The molecule has 1 heterocycles. The lowest BCUT2D eigenvalue weighted by atomic mass is 9.71. The number of nitrogens with zero attached hydrogens (tertiary/aromatic N) is 1. The number of hydrogen-bond donors (Lipinski definition) is 1. The van der Waals surface area contributed by atoms with Crippen molar-refractivity contribution in [3.05, 3.63) is 71.0 Å². The van der Waals surface area contributed by atoms with E-state index in [-0.39, 0.29) is 17.6 Å². The summed E-state index contributed by atoms with van der Waals surface area (Å²) in [7, 11) is 0. The van der Waals surface area contributed by atoms with Gasteiger partial charge in [0.1, 0.15) is 5.82 Å². The van der Waals surface area contributed by atoms with Crippen LogP contribution in [-0.4, -0.2) is 23.3 Å². The van der Waals surface area contributed by atoms with Crippen molar-refractivity contribution < 1.29 is 14.0 Å². The van der Waals surface area contributed by atoms with Crippen LogP contribution in [0.2, 0.25) is 0 Å². The molecule has 1 N–H and O–H groups in total. The number of carbonyl (C=O) groups is 2. The van der Waals surface area contributed by atoms with E-state index in [0.717, 1.165) is 43.4 Å². The highest BCUT2D eigenvalue weighted by Crippen LogP contribution is 2.41. The standard InChI is InChI=1S/C22H23FN2O2/c23-19-9-7-18(8-10-19)22(11-3-12-22)24-21(27)17-5-1-4-16(14-17)15-25-13-2-6-20(25)26/h1,4-5,7-10,14H,2-3,6,11-13,15H2,(H,24,27). The van der Waals surface area contributed by atoms with Crippen molar-refractivity contribution in [1.82, 2.24) is 10.2 Å². The lowest BCUT2D eigenvalue weighted by Crippen LogP contribution is -2.50. The maximum atomic E-state index is 13.2. The van der Waals surface area contributed by atoms with Gasteiger partial charge in [0, 0.05) is 25.1 Å². The van der Waals surface area contributed by atoms with Crippen molar-refractivity contribution >= 4 is 11.8 Å². The van der Waals surface area contributed by atoms with Gasteiger partial charge in [0.25, 0.3) is 5.91 Å². The quantitative estimate of drug-likeness (QED) is 0.876. The predicted octanol–water partition coefficient (Wildman–Crippen LogP) is 3.76. The number of halogens is 1. The molecule has 1 saturated heterocycles. The van der Waals surface area contributed by atoms with Crippen molar-refractivity contribution in [2.24, 2.45) is 0 Å². The average molecular weight is 366 g/mol. The van der Waals surface area contributed by atoms with Crippen LogP contribution < -0.4 is 5.32 Å². The summed E-state index contributed by atoms with van der Waals surface area (Å²) in [5.74, 6) is -0.230. The van der Waals surface area contributed by atoms with E-state index in [4.69, 9.17) is 0 Å². The van der Waals surface area contributed by atoms with Gasteiger partial charge in [0.15, 0.2) is 0 Å². The van der Waals surface area contributed by atoms with Gasteiger partial charge >= 0.3 is 0 Å². The molecule has 2 aliphatic rings. The zero-order valence-corrected chi connectivity index (χ0v) is 15.2. The van der Waals surface area contributed by atoms with Gasteiger partial charge in [-0.25, -0.2) is 4.39 Å². The van der Waals surface area contributed by atoms with Gasteiger partial charge in [-0.15, -0.1) is 0 Å². The van der Waals surface area contributed by atoms with E-state index in [2.05, 4.69) is 5.32 Å². The van der Waals surface area contributed by atoms with Crippen LogP contribution in [0.15, 0.2) is 48.5 Å². The number of benzene rings is 2. The Morgan fingerprint density at radius 1 is 1.11 bits per heavy atom. The molecule has 1 aliphatic heterocycles. The van der Waals surface area contributed by atoms with Gasteiger partial charge in [0.05, 0.1) is 5.54 Å². The number of carbonyl (C=O) groups excluding carboxylic acids is 2. The summed E-state index contributed by atoms with van der Waals surface area (Å²) in [6.07, 6.45) is 4.26. The van der Waals surface area contributed by atoms with Gasteiger partial charge in [-0.05, 0) is 61.1 Å². The van der Waals surface area contributed by atoms with Crippen molar-refractivity contribution in [2.45, 2.75) is 44.2 Å². The molecule has 140 valence electrons. The molecule has 0 bridgehead atoms. The summed E-state index contributed by atoms with van der Waals surface area (Å²) >= 11 is 0. The van der Waals surface area contributed by atoms with Gasteiger partial charge in [0.2, 0.25) is 5.91 Å². The third-order valence-electron chi connectivity index (χ3n) is 5.69. The van der Waals surface area contributed by atoms with Crippen LogP contribution in [0.25, 0.3) is 0 Å². The maximum absolute atomic E-state index is 13.2. The van der Waals surface area contributed by atoms with Gasteiger partial charge in [-0.3, -0.25) is 9.59 Å². The SMILES string of the molecule is O=C(NC1(c2ccc(F)cc2)CCC1)c1cccc(CN2CCCC2=O)c1. The highest BCUT2D eigenvalue weighted by Gasteiger charge is 2.40. The normalized spacial score (nSPS) is 18.3. The lowest BCUT2D eigenvalue weighted by molar-refractivity contribution is -0.128. The van der Waals surface area contributed by atoms with E-state index >= 15 is 0 Å². The zero-order valence-electron chi connectivity index (χ0n) is 15.2. The first-order valence-electron chi connectivity index (χ1n) is 9.51. The molecule has 1 saturated carbocycles. The van der Waals surface area contributed by atoms with Gasteiger partial charge in [-0.2, -0.15) is 0 Å². The Kier molecular flexibility index (Phi) is 4.68. The predicted molar refractivity (Wildman–Crippen MR) is 100 cm³/mol. The molecule has 27 heavy (non-hydrogen) atoms. The van der Waals surface area contributed by atoms with Crippen LogP contribution in [-0.2, 0) is 16.9 Å². The molecule has 4 rings (SSSR count). The smallest absolute Gasteiger partial charge is 0.251 e. The van der Waals surface area contributed by atoms with E-state index in [9.17, 15) is 14.0 Å². The Labute approximate surface area is 158 Å². The Hall–Kier alpha value is -2.69. The van der Waals surface area contributed by atoms with Crippen LogP contribution in [0.3, 0.4) is 0 Å². The summed E-state index contributed by atoms with van der Waals surface area (Å²) < 4.78 is 13.2. The largest absolute Gasteiger partial charge is 0.343 e. The monoisotopic (exact) mass is 366 g/mol. The molecule has 2 aromatic carbocycles. The van der Waals surface area contributed by atoms with Crippen molar-refractivity contribution in [3.63, 3.8) is 0 Å². The molecule has 1 aliphatic carbocycles. The number of amides is 2. The van der Waals surface area contributed by atoms with Crippen LogP contribution in [0, 0.1) is 5.82 Å². The molecule has 0 aromatic heterocycles. The summed E-state index contributed by atoms with van der Waals surface area (Å²) in [6.45, 7) is 1.33. The van der Waals surface area contributed by atoms with Crippen LogP contribution >= 0.6 is 0 Å². The van der Waals surface area contributed by atoms with E-state index < -0.39 is 5.54 Å². The van der Waals surface area contributed by atoms with Crippen LogP contribution in [0.5, 0.6) is 0 Å². The molecule has 0 atom stereocenters. The summed E-state index contributed by atoms with van der Waals surface area (Å²) in [6, 6.07) is 13.8. The maximum Gasteiger partial charge on any atom is 0.251 e. The minimum Gasteiger partial charge on any atom is -0.343 e. The summed E-state index contributed by atoms with van der Waals surface area (Å²) in [4.78, 5) is 26.5. The molecule has 2 fully saturated rings. The molecule has 0 spiro atoms. The minimum atomic E-state index is -0.411. The minimum absolute atomic E-state index is 0.131. The number of hydrogen-bond acceptors (Lipinski definition) is 2. The fourth-order valence-corrected chi connectivity index (χ4v) is 3.98. The van der Waals surface area contributed by atoms with E-state index in [1.165, 1.54) is 12.1 Å². The molecule has 0 radical (unpaired) electrons. The van der Waals surface area contributed by atoms with Crippen molar-refractivity contribution in [2.75, 3.05) is 6.54 Å². The summed E-state index contributed by atoms with van der Waals surface area (Å²) in [5, 5.41) is 3.17. The fraction of sp³-hybridized carbons (Fsp3) is 0.364. The van der Waals surface area contributed by atoms with Crippen molar-refractivity contribution in [1.29, 1.82) is 0 Å².